The molecule has 0 bridgehead atoms. The number of hydrogen-bond acceptors (Lipinski definition) is 7. The normalized spacial score (nSPS) is 21.7. The maximum absolute atomic E-state index is 13.7. The number of nitrogens with zero attached hydrogens (tertiary/aromatic N) is 2. The van der Waals surface area contributed by atoms with Crippen molar-refractivity contribution in [3.8, 4) is 5.75 Å². The summed E-state index contributed by atoms with van der Waals surface area (Å²) in [7, 11) is 0. The second kappa shape index (κ2) is 12.6. The van der Waals surface area contributed by atoms with E-state index in [2.05, 4.69) is 15.2 Å². The Labute approximate surface area is 230 Å². The van der Waals surface area contributed by atoms with Crippen LogP contribution in [0.2, 0.25) is 0 Å². The van der Waals surface area contributed by atoms with Crippen molar-refractivity contribution in [1.29, 1.82) is 0 Å². The number of para-hydroxylation sites is 1. The van der Waals surface area contributed by atoms with E-state index in [1.165, 1.54) is 0 Å². The Balaban J connectivity index is 1.43. The number of ether oxygens (including phenoxy) is 3. The first kappa shape index (κ1) is 27.1. The molecular weight excluding hydrogens is 494 g/mol. The van der Waals surface area contributed by atoms with E-state index in [0.717, 1.165) is 37.1 Å². The molecule has 0 spiro atoms. The first-order chi connectivity index (χ1) is 19.0. The fraction of sp³-hybridized carbons (Fsp3) is 0.452. The predicted octanol–water partition coefficient (Wildman–Crippen LogP) is 3.87. The van der Waals surface area contributed by atoms with Crippen LogP contribution in [0, 0.1) is 5.92 Å². The van der Waals surface area contributed by atoms with Crippen LogP contribution in [0.1, 0.15) is 43.7 Å². The van der Waals surface area contributed by atoms with E-state index in [4.69, 9.17) is 14.2 Å². The van der Waals surface area contributed by atoms with Gasteiger partial charge in [-0.3, -0.25) is 14.7 Å². The van der Waals surface area contributed by atoms with Crippen LogP contribution < -0.4 is 10.1 Å². The zero-order valence-corrected chi connectivity index (χ0v) is 22.7. The van der Waals surface area contributed by atoms with Crippen LogP contribution in [-0.4, -0.2) is 68.0 Å². The molecule has 0 aromatic heterocycles. The van der Waals surface area contributed by atoms with Gasteiger partial charge in [0, 0.05) is 48.6 Å². The van der Waals surface area contributed by atoms with E-state index >= 15 is 0 Å². The molecule has 2 unspecified atom stereocenters. The van der Waals surface area contributed by atoms with Gasteiger partial charge in [-0.2, -0.15) is 0 Å². The zero-order valence-electron chi connectivity index (χ0n) is 22.7. The minimum atomic E-state index is -0.641. The molecule has 1 N–H and O–H groups in total. The van der Waals surface area contributed by atoms with Crippen molar-refractivity contribution in [2.45, 2.75) is 45.3 Å². The predicted molar refractivity (Wildman–Crippen MR) is 149 cm³/mol. The second-order valence-corrected chi connectivity index (χ2v) is 10.4. The summed E-state index contributed by atoms with van der Waals surface area (Å²) in [5.74, 6) is -1.14. The molecule has 206 valence electrons. The Kier molecular flexibility index (Phi) is 8.74. The lowest BCUT2D eigenvalue weighted by Gasteiger charge is -2.33. The van der Waals surface area contributed by atoms with Gasteiger partial charge < -0.3 is 19.5 Å². The molecule has 5 rings (SSSR count). The summed E-state index contributed by atoms with van der Waals surface area (Å²) in [6, 6.07) is 17.8. The number of benzene rings is 2. The van der Waals surface area contributed by atoms with Crippen molar-refractivity contribution in [3.63, 3.8) is 0 Å². The SMILES string of the molecule is CC1=NC(C)=C(C(=O)OCCN2CCOCC2)C(c2ccccc2OCc2ccccc2)C1C(=O)NC1CC1. The summed E-state index contributed by atoms with van der Waals surface area (Å²) in [5.41, 5.74) is 3.47. The monoisotopic (exact) mass is 531 g/mol. The Morgan fingerprint density at radius 3 is 2.49 bits per heavy atom. The Bertz CT molecular complexity index is 1230. The lowest BCUT2D eigenvalue weighted by molar-refractivity contribution is -0.140. The van der Waals surface area contributed by atoms with Crippen LogP contribution in [0.3, 0.4) is 0 Å². The number of hydrogen-bond donors (Lipinski definition) is 1. The molecule has 3 aliphatic rings. The van der Waals surface area contributed by atoms with E-state index in [1.807, 2.05) is 68.4 Å². The van der Waals surface area contributed by atoms with Crippen molar-refractivity contribution in [1.82, 2.24) is 10.2 Å². The molecule has 39 heavy (non-hydrogen) atoms. The average Bonchev–Trinajstić information content (AvgIpc) is 3.76. The molecular formula is C31H37N3O5. The van der Waals surface area contributed by atoms with Crippen molar-refractivity contribution in [2.24, 2.45) is 10.9 Å². The fourth-order valence-corrected chi connectivity index (χ4v) is 5.27. The van der Waals surface area contributed by atoms with Gasteiger partial charge >= 0.3 is 5.97 Å². The van der Waals surface area contributed by atoms with Gasteiger partial charge in [-0.05, 0) is 38.3 Å². The number of nitrogens with one attached hydrogen (secondary N) is 1. The molecule has 2 aliphatic heterocycles. The highest BCUT2D eigenvalue weighted by molar-refractivity contribution is 6.08. The van der Waals surface area contributed by atoms with E-state index in [-0.39, 0.29) is 18.6 Å². The maximum Gasteiger partial charge on any atom is 0.336 e. The highest BCUT2D eigenvalue weighted by Gasteiger charge is 2.43. The van der Waals surface area contributed by atoms with Gasteiger partial charge in [-0.1, -0.05) is 48.5 Å². The quantitative estimate of drug-likeness (QED) is 0.469. The third-order valence-corrected chi connectivity index (χ3v) is 7.49. The van der Waals surface area contributed by atoms with Crippen LogP contribution in [0.4, 0.5) is 0 Å². The van der Waals surface area contributed by atoms with Gasteiger partial charge in [0.1, 0.15) is 19.0 Å². The van der Waals surface area contributed by atoms with Crippen molar-refractivity contribution < 1.29 is 23.8 Å². The van der Waals surface area contributed by atoms with Crippen LogP contribution in [-0.2, 0) is 25.7 Å². The molecule has 2 fully saturated rings. The van der Waals surface area contributed by atoms with Crippen molar-refractivity contribution in [3.05, 3.63) is 77.0 Å². The number of morpholine rings is 1. The van der Waals surface area contributed by atoms with Crippen molar-refractivity contribution in [2.75, 3.05) is 39.5 Å². The summed E-state index contributed by atoms with van der Waals surface area (Å²) in [6.45, 7) is 7.96. The molecule has 1 saturated heterocycles. The fourth-order valence-electron chi connectivity index (χ4n) is 5.27. The Morgan fingerprint density at radius 2 is 1.74 bits per heavy atom. The minimum absolute atomic E-state index is 0.118. The largest absolute Gasteiger partial charge is 0.489 e. The highest BCUT2D eigenvalue weighted by Crippen LogP contribution is 2.43. The van der Waals surface area contributed by atoms with Gasteiger partial charge in [0.15, 0.2) is 0 Å². The molecule has 1 saturated carbocycles. The topological polar surface area (TPSA) is 89.5 Å². The molecule has 0 radical (unpaired) electrons. The summed E-state index contributed by atoms with van der Waals surface area (Å²) in [5, 5.41) is 3.14. The van der Waals surface area contributed by atoms with Crippen LogP contribution in [0.5, 0.6) is 5.75 Å². The van der Waals surface area contributed by atoms with Gasteiger partial charge in [0.25, 0.3) is 0 Å². The standard InChI is InChI=1S/C31H37N3O5/c1-21-27(30(35)33-24-12-13-24)29(25-10-6-7-11-26(25)39-20-23-8-4-3-5-9-23)28(22(2)32-21)31(36)38-19-16-34-14-17-37-18-15-34/h3-11,24,27,29H,12-20H2,1-2H3,(H,33,35). The molecule has 2 atom stereocenters. The third kappa shape index (κ3) is 6.75. The number of amides is 1. The first-order valence-corrected chi connectivity index (χ1v) is 13.8. The smallest absolute Gasteiger partial charge is 0.336 e. The number of esters is 1. The number of allylic oxidation sites excluding steroid dienone is 1. The lowest BCUT2D eigenvalue weighted by Crippen LogP contribution is -2.43. The van der Waals surface area contributed by atoms with Gasteiger partial charge in [-0.15, -0.1) is 0 Å². The number of carbonyl (C=O) groups is 2. The van der Waals surface area contributed by atoms with Crippen LogP contribution in [0.25, 0.3) is 0 Å². The molecule has 8 nitrogen and oxygen atoms in total. The highest BCUT2D eigenvalue weighted by atomic mass is 16.5. The number of carbonyl (C=O) groups excluding carboxylic acids is 2. The Morgan fingerprint density at radius 1 is 1.03 bits per heavy atom. The van der Waals surface area contributed by atoms with Crippen LogP contribution >= 0.6 is 0 Å². The van der Waals surface area contributed by atoms with E-state index in [9.17, 15) is 9.59 Å². The molecule has 1 aliphatic carbocycles. The summed E-state index contributed by atoms with van der Waals surface area (Å²) >= 11 is 0. The third-order valence-electron chi connectivity index (χ3n) is 7.49. The summed E-state index contributed by atoms with van der Waals surface area (Å²) < 4.78 is 17.5. The summed E-state index contributed by atoms with van der Waals surface area (Å²) in [6.07, 6.45) is 1.95. The molecule has 8 heteroatoms. The average molecular weight is 532 g/mol. The summed E-state index contributed by atoms with van der Waals surface area (Å²) in [4.78, 5) is 34.2. The number of rotatable bonds is 10. The van der Waals surface area contributed by atoms with E-state index < -0.39 is 17.8 Å². The molecule has 1 amide bonds. The van der Waals surface area contributed by atoms with Gasteiger partial charge in [0.2, 0.25) is 5.91 Å². The minimum Gasteiger partial charge on any atom is -0.489 e. The Hall–Kier alpha value is -3.49. The lowest BCUT2D eigenvalue weighted by atomic mass is 9.74. The molecule has 2 heterocycles. The number of aliphatic imine (C=N–C) groups is 1. The molecule has 2 aromatic rings. The van der Waals surface area contributed by atoms with Gasteiger partial charge in [-0.25, -0.2) is 4.79 Å². The van der Waals surface area contributed by atoms with Crippen molar-refractivity contribution >= 4 is 17.6 Å². The second-order valence-electron chi connectivity index (χ2n) is 10.4. The van der Waals surface area contributed by atoms with Gasteiger partial charge in [0.05, 0.1) is 24.7 Å². The van der Waals surface area contributed by atoms with E-state index in [0.29, 0.717) is 49.1 Å². The van der Waals surface area contributed by atoms with E-state index in [1.54, 1.807) is 0 Å². The maximum atomic E-state index is 13.7. The van der Waals surface area contributed by atoms with Crippen LogP contribution in [0.15, 0.2) is 70.9 Å². The first-order valence-electron chi connectivity index (χ1n) is 13.8. The zero-order chi connectivity index (χ0) is 27.2. The molecule has 2 aromatic carbocycles.